The van der Waals surface area contributed by atoms with Crippen LogP contribution in [0.25, 0.3) is 0 Å². The molecule has 1 aromatic rings. The molecule has 0 saturated heterocycles. The Bertz CT molecular complexity index is 273. The lowest BCUT2D eigenvalue weighted by atomic mass is 9.98. The standard InChI is InChI=1S/C12H19NO/c1-10-6-2-3-7-11(10)12(13)8-4-5-9-14/h2-3,6-7,12,14H,4-5,8-9,13H2,1H3/t12-/m1/s1. The SMILES string of the molecule is Cc1ccccc1[C@H](N)CCCCO. The van der Waals surface area contributed by atoms with E-state index in [9.17, 15) is 0 Å². The third-order valence-corrected chi connectivity index (χ3v) is 2.51. The minimum Gasteiger partial charge on any atom is -0.396 e. The topological polar surface area (TPSA) is 46.2 Å². The van der Waals surface area contributed by atoms with E-state index < -0.39 is 0 Å². The molecule has 2 heteroatoms. The molecular weight excluding hydrogens is 174 g/mol. The van der Waals surface area contributed by atoms with Crippen molar-refractivity contribution in [2.45, 2.75) is 32.2 Å². The predicted octanol–water partition coefficient (Wildman–Crippen LogP) is 2.16. The number of rotatable bonds is 5. The van der Waals surface area contributed by atoms with Crippen LogP contribution in [0, 0.1) is 6.92 Å². The highest BCUT2D eigenvalue weighted by molar-refractivity contribution is 5.28. The van der Waals surface area contributed by atoms with Crippen molar-refractivity contribution in [1.29, 1.82) is 0 Å². The smallest absolute Gasteiger partial charge is 0.0431 e. The van der Waals surface area contributed by atoms with Gasteiger partial charge in [0, 0.05) is 12.6 Å². The van der Waals surface area contributed by atoms with Crippen LogP contribution >= 0.6 is 0 Å². The van der Waals surface area contributed by atoms with E-state index in [4.69, 9.17) is 10.8 Å². The van der Waals surface area contributed by atoms with E-state index >= 15 is 0 Å². The first-order valence-electron chi connectivity index (χ1n) is 5.17. The third kappa shape index (κ3) is 3.13. The second-order valence-electron chi connectivity index (χ2n) is 3.68. The summed E-state index contributed by atoms with van der Waals surface area (Å²) < 4.78 is 0. The summed E-state index contributed by atoms with van der Waals surface area (Å²) in [5.74, 6) is 0. The summed E-state index contributed by atoms with van der Waals surface area (Å²) >= 11 is 0. The average Bonchev–Trinajstić information content (AvgIpc) is 2.18. The first kappa shape index (κ1) is 11.2. The van der Waals surface area contributed by atoms with E-state index in [-0.39, 0.29) is 12.6 Å². The van der Waals surface area contributed by atoms with Crippen LogP contribution in [-0.2, 0) is 0 Å². The van der Waals surface area contributed by atoms with Gasteiger partial charge in [0.25, 0.3) is 0 Å². The van der Waals surface area contributed by atoms with Crippen molar-refractivity contribution in [2.75, 3.05) is 6.61 Å². The predicted molar refractivity (Wildman–Crippen MR) is 59.0 cm³/mol. The van der Waals surface area contributed by atoms with Crippen LogP contribution in [0.1, 0.15) is 36.4 Å². The van der Waals surface area contributed by atoms with Crippen LogP contribution in [0.5, 0.6) is 0 Å². The Balaban J connectivity index is 2.51. The van der Waals surface area contributed by atoms with E-state index in [1.807, 2.05) is 12.1 Å². The van der Waals surface area contributed by atoms with Gasteiger partial charge in [-0.25, -0.2) is 0 Å². The normalized spacial score (nSPS) is 12.8. The van der Waals surface area contributed by atoms with Gasteiger partial charge in [0.1, 0.15) is 0 Å². The molecule has 0 radical (unpaired) electrons. The zero-order chi connectivity index (χ0) is 10.4. The summed E-state index contributed by atoms with van der Waals surface area (Å²) in [6.07, 6.45) is 2.79. The summed E-state index contributed by atoms with van der Waals surface area (Å²) in [4.78, 5) is 0. The van der Waals surface area contributed by atoms with Crippen LogP contribution in [0.15, 0.2) is 24.3 Å². The summed E-state index contributed by atoms with van der Waals surface area (Å²) in [7, 11) is 0. The summed E-state index contributed by atoms with van der Waals surface area (Å²) in [6.45, 7) is 2.35. The molecule has 0 aliphatic heterocycles. The molecule has 1 aromatic carbocycles. The Morgan fingerprint density at radius 2 is 2.00 bits per heavy atom. The third-order valence-electron chi connectivity index (χ3n) is 2.51. The highest BCUT2D eigenvalue weighted by Crippen LogP contribution is 2.19. The van der Waals surface area contributed by atoms with Crippen LogP contribution in [0.3, 0.4) is 0 Å². The quantitative estimate of drug-likeness (QED) is 0.704. The van der Waals surface area contributed by atoms with Crippen molar-refractivity contribution < 1.29 is 5.11 Å². The molecule has 0 spiro atoms. The zero-order valence-electron chi connectivity index (χ0n) is 8.74. The molecule has 0 heterocycles. The van der Waals surface area contributed by atoms with Gasteiger partial charge in [-0.1, -0.05) is 24.3 Å². The molecule has 14 heavy (non-hydrogen) atoms. The number of aliphatic hydroxyl groups excluding tert-OH is 1. The first-order valence-corrected chi connectivity index (χ1v) is 5.17. The molecule has 1 atom stereocenters. The minimum atomic E-state index is 0.114. The van der Waals surface area contributed by atoms with E-state index in [0.717, 1.165) is 19.3 Å². The molecule has 0 bridgehead atoms. The van der Waals surface area contributed by atoms with Crippen molar-refractivity contribution in [2.24, 2.45) is 5.73 Å². The molecule has 0 fully saturated rings. The van der Waals surface area contributed by atoms with Gasteiger partial charge in [-0.15, -0.1) is 0 Å². The minimum absolute atomic E-state index is 0.114. The maximum absolute atomic E-state index is 8.66. The summed E-state index contributed by atoms with van der Waals surface area (Å²) in [5, 5.41) is 8.66. The highest BCUT2D eigenvalue weighted by atomic mass is 16.2. The molecular formula is C12H19NO. The Morgan fingerprint density at radius 1 is 1.29 bits per heavy atom. The number of hydrogen-bond acceptors (Lipinski definition) is 2. The second kappa shape index (κ2) is 5.78. The van der Waals surface area contributed by atoms with Crippen LogP contribution in [-0.4, -0.2) is 11.7 Å². The van der Waals surface area contributed by atoms with Crippen LogP contribution < -0.4 is 5.73 Å². The number of benzene rings is 1. The van der Waals surface area contributed by atoms with Gasteiger partial charge in [-0.3, -0.25) is 0 Å². The van der Waals surface area contributed by atoms with Crippen LogP contribution in [0.4, 0.5) is 0 Å². The van der Waals surface area contributed by atoms with Gasteiger partial charge in [-0.05, 0) is 37.3 Å². The van der Waals surface area contributed by atoms with E-state index in [2.05, 4.69) is 19.1 Å². The Morgan fingerprint density at radius 3 is 2.64 bits per heavy atom. The van der Waals surface area contributed by atoms with Crippen molar-refractivity contribution in [3.05, 3.63) is 35.4 Å². The maximum atomic E-state index is 8.66. The molecule has 0 saturated carbocycles. The van der Waals surface area contributed by atoms with E-state index in [1.54, 1.807) is 0 Å². The fourth-order valence-corrected chi connectivity index (χ4v) is 1.63. The van der Waals surface area contributed by atoms with Gasteiger partial charge in [0.05, 0.1) is 0 Å². The molecule has 1 rings (SSSR count). The van der Waals surface area contributed by atoms with Gasteiger partial charge < -0.3 is 10.8 Å². The molecule has 0 unspecified atom stereocenters. The van der Waals surface area contributed by atoms with E-state index in [1.165, 1.54) is 11.1 Å². The summed E-state index contributed by atoms with van der Waals surface area (Å²) in [5.41, 5.74) is 8.54. The fraction of sp³-hybridized carbons (Fsp3) is 0.500. The maximum Gasteiger partial charge on any atom is 0.0431 e. The molecule has 0 amide bonds. The van der Waals surface area contributed by atoms with Gasteiger partial charge >= 0.3 is 0 Å². The number of nitrogens with two attached hydrogens (primary N) is 1. The van der Waals surface area contributed by atoms with Crippen LogP contribution in [0.2, 0.25) is 0 Å². The van der Waals surface area contributed by atoms with Gasteiger partial charge in [0.2, 0.25) is 0 Å². The van der Waals surface area contributed by atoms with Crippen molar-refractivity contribution in [3.63, 3.8) is 0 Å². The second-order valence-corrected chi connectivity index (χ2v) is 3.68. The van der Waals surface area contributed by atoms with Gasteiger partial charge in [0.15, 0.2) is 0 Å². The molecule has 78 valence electrons. The van der Waals surface area contributed by atoms with Crippen molar-refractivity contribution in [3.8, 4) is 0 Å². The zero-order valence-corrected chi connectivity index (χ0v) is 8.74. The molecule has 0 aromatic heterocycles. The van der Waals surface area contributed by atoms with Crippen molar-refractivity contribution in [1.82, 2.24) is 0 Å². The monoisotopic (exact) mass is 193 g/mol. The number of aliphatic hydroxyl groups is 1. The Labute approximate surface area is 85.8 Å². The lowest BCUT2D eigenvalue weighted by Crippen LogP contribution is -2.11. The summed E-state index contributed by atoms with van der Waals surface area (Å²) in [6, 6.07) is 8.33. The first-order chi connectivity index (χ1) is 6.75. The Kier molecular flexibility index (Phi) is 4.63. The van der Waals surface area contributed by atoms with E-state index in [0.29, 0.717) is 0 Å². The van der Waals surface area contributed by atoms with Gasteiger partial charge in [-0.2, -0.15) is 0 Å². The molecule has 0 aliphatic rings. The fourth-order valence-electron chi connectivity index (χ4n) is 1.63. The molecule has 3 N–H and O–H groups in total. The average molecular weight is 193 g/mol. The molecule has 2 nitrogen and oxygen atoms in total. The number of aryl methyl sites for hydroxylation is 1. The number of hydrogen-bond donors (Lipinski definition) is 2. The Hall–Kier alpha value is -0.860. The number of unbranched alkanes of at least 4 members (excludes halogenated alkanes) is 1. The van der Waals surface area contributed by atoms with Crippen molar-refractivity contribution >= 4 is 0 Å². The lowest BCUT2D eigenvalue weighted by molar-refractivity contribution is 0.281. The highest BCUT2D eigenvalue weighted by Gasteiger charge is 2.07. The lowest BCUT2D eigenvalue weighted by Gasteiger charge is -2.13. The molecule has 0 aliphatic carbocycles. The largest absolute Gasteiger partial charge is 0.396 e.